The minimum absolute atomic E-state index is 0.0962. The Morgan fingerprint density at radius 3 is 2.13 bits per heavy atom. The summed E-state index contributed by atoms with van der Waals surface area (Å²) in [4.78, 5) is 0.0962. The lowest BCUT2D eigenvalue weighted by molar-refractivity contribution is 0.293. The van der Waals surface area contributed by atoms with Gasteiger partial charge in [0.15, 0.2) is 0 Å². The Hall–Kier alpha value is -2.71. The molecule has 3 rings (SSSR count). The smallest absolute Gasteiger partial charge is 0.253 e. The maximum Gasteiger partial charge on any atom is 0.253 e. The lowest BCUT2D eigenvalue weighted by atomic mass is 10.0. The summed E-state index contributed by atoms with van der Waals surface area (Å²) in [6.45, 7) is 0.386. The number of nitrogens with zero attached hydrogens (tertiary/aromatic N) is 2. The van der Waals surface area contributed by atoms with Crippen LogP contribution in [0.1, 0.15) is 5.56 Å². The zero-order chi connectivity index (χ0) is 16.3. The molecule has 0 bridgehead atoms. The van der Waals surface area contributed by atoms with E-state index in [1.54, 1.807) is 12.1 Å². The third-order valence-electron chi connectivity index (χ3n) is 3.25. The molecule has 0 aliphatic carbocycles. The molecule has 7 nitrogen and oxygen atoms in total. The molecule has 0 atom stereocenters. The molecule has 23 heavy (non-hydrogen) atoms. The number of rotatable bonds is 5. The highest BCUT2D eigenvalue weighted by Gasteiger charge is 2.07. The normalized spacial score (nSPS) is 11.3. The predicted molar refractivity (Wildman–Crippen MR) is 84.0 cm³/mol. The molecular weight excluding hydrogens is 316 g/mol. The van der Waals surface area contributed by atoms with Crippen LogP contribution in [0.15, 0.2) is 59.6 Å². The Labute approximate surface area is 133 Å². The Morgan fingerprint density at radius 1 is 1.00 bits per heavy atom. The van der Waals surface area contributed by atoms with Gasteiger partial charge in [0.05, 0.1) is 4.90 Å². The van der Waals surface area contributed by atoms with Crippen molar-refractivity contribution in [2.24, 2.45) is 5.14 Å². The first-order chi connectivity index (χ1) is 11.0. The van der Waals surface area contributed by atoms with Gasteiger partial charge in [0.25, 0.3) is 5.88 Å². The van der Waals surface area contributed by atoms with E-state index >= 15 is 0 Å². The summed E-state index contributed by atoms with van der Waals surface area (Å²) >= 11 is 0. The van der Waals surface area contributed by atoms with Gasteiger partial charge < -0.3 is 4.74 Å². The molecule has 1 aromatic heterocycles. The topological polar surface area (TPSA) is 111 Å². The van der Waals surface area contributed by atoms with E-state index in [1.165, 1.54) is 18.3 Å². The van der Waals surface area contributed by atoms with Crippen LogP contribution >= 0.6 is 0 Å². The molecule has 8 heteroatoms. The third kappa shape index (κ3) is 3.74. The van der Waals surface area contributed by atoms with Gasteiger partial charge >= 0.3 is 0 Å². The van der Waals surface area contributed by atoms with E-state index in [2.05, 4.69) is 15.4 Å². The van der Waals surface area contributed by atoms with E-state index < -0.39 is 10.0 Å². The van der Waals surface area contributed by atoms with Gasteiger partial charge in [-0.25, -0.2) is 13.6 Å². The maximum atomic E-state index is 11.2. The van der Waals surface area contributed by atoms with E-state index in [1.807, 2.05) is 24.3 Å². The monoisotopic (exact) mass is 330 g/mol. The van der Waals surface area contributed by atoms with Crippen LogP contribution in [0.5, 0.6) is 5.88 Å². The first-order valence-corrected chi connectivity index (χ1v) is 8.28. The van der Waals surface area contributed by atoms with E-state index in [0.717, 1.165) is 16.7 Å². The Kier molecular flexibility index (Phi) is 4.09. The van der Waals surface area contributed by atoms with Crippen LogP contribution in [0, 0.1) is 0 Å². The number of hydrogen-bond donors (Lipinski definition) is 2. The second-order valence-electron chi connectivity index (χ2n) is 4.86. The number of H-pyrrole nitrogens is 1. The van der Waals surface area contributed by atoms with Gasteiger partial charge in [-0.2, -0.15) is 10.3 Å². The summed E-state index contributed by atoms with van der Waals surface area (Å²) in [5.74, 6) is 0.438. The zero-order valence-corrected chi connectivity index (χ0v) is 12.8. The standard InChI is InChI=1S/C15H14N4O3S/c16-23(20,21)14-7-5-13(6-8-14)12-3-1-11(2-4-12)10-22-15-9-17-19-18-15/h1-9H,10H2,(H2,16,20,21)(H,17,18,19). The number of hydrogen-bond acceptors (Lipinski definition) is 5. The van der Waals surface area contributed by atoms with E-state index in [-0.39, 0.29) is 4.90 Å². The third-order valence-corrected chi connectivity index (χ3v) is 4.18. The molecule has 0 unspecified atom stereocenters. The van der Waals surface area contributed by atoms with Crippen molar-refractivity contribution in [3.63, 3.8) is 0 Å². The molecule has 0 saturated heterocycles. The number of primary sulfonamides is 1. The molecule has 3 N–H and O–H groups in total. The number of nitrogens with two attached hydrogens (primary N) is 1. The minimum atomic E-state index is -3.67. The average Bonchev–Trinajstić information content (AvgIpc) is 3.06. The fraction of sp³-hybridized carbons (Fsp3) is 0.0667. The highest BCUT2D eigenvalue weighted by atomic mass is 32.2. The van der Waals surface area contributed by atoms with Gasteiger partial charge in [0.2, 0.25) is 10.0 Å². The second-order valence-corrected chi connectivity index (χ2v) is 6.42. The van der Waals surface area contributed by atoms with Crippen molar-refractivity contribution >= 4 is 10.0 Å². The summed E-state index contributed by atoms with van der Waals surface area (Å²) in [6, 6.07) is 14.2. The van der Waals surface area contributed by atoms with Gasteiger partial charge in [0.1, 0.15) is 12.8 Å². The summed E-state index contributed by atoms with van der Waals surface area (Å²) in [6.07, 6.45) is 1.50. The van der Waals surface area contributed by atoms with Crippen LogP contribution in [-0.4, -0.2) is 23.8 Å². The largest absolute Gasteiger partial charge is 0.471 e. The summed E-state index contributed by atoms with van der Waals surface area (Å²) in [7, 11) is -3.67. The van der Waals surface area contributed by atoms with Gasteiger partial charge in [-0.15, -0.1) is 5.10 Å². The fourth-order valence-corrected chi connectivity index (χ4v) is 2.56. The molecule has 0 amide bonds. The van der Waals surface area contributed by atoms with Crippen LogP contribution in [0.2, 0.25) is 0 Å². The summed E-state index contributed by atoms with van der Waals surface area (Å²) in [5, 5.41) is 15.0. The Balaban J connectivity index is 1.71. The van der Waals surface area contributed by atoms with E-state index in [0.29, 0.717) is 12.5 Å². The molecule has 0 radical (unpaired) electrons. The van der Waals surface area contributed by atoms with Crippen molar-refractivity contribution in [2.45, 2.75) is 11.5 Å². The van der Waals surface area contributed by atoms with E-state index in [4.69, 9.17) is 9.88 Å². The molecule has 1 heterocycles. The molecular formula is C15H14N4O3S. The summed E-state index contributed by atoms with van der Waals surface area (Å²) in [5.41, 5.74) is 2.86. The van der Waals surface area contributed by atoms with Crippen molar-refractivity contribution in [1.82, 2.24) is 15.4 Å². The second kappa shape index (κ2) is 6.19. The van der Waals surface area contributed by atoms with Crippen LogP contribution < -0.4 is 9.88 Å². The highest BCUT2D eigenvalue weighted by molar-refractivity contribution is 7.89. The van der Waals surface area contributed by atoms with Crippen LogP contribution in [0.3, 0.4) is 0 Å². The molecule has 0 aliphatic heterocycles. The molecule has 3 aromatic rings. The number of ether oxygens (including phenoxy) is 1. The molecule has 0 saturated carbocycles. The lowest BCUT2D eigenvalue weighted by Crippen LogP contribution is -2.11. The number of aromatic amines is 1. The molecule has 2 aromatic carbocycles. The molecule has 0 fully saturated rings. The van der Waals surface area contributed by atoms with Crippen LogP contribution in [-0.2, 0) is 16.6 Å². The van der Waals surface area contributed by atoms with Gasteiger partial charge in [-0.1, -0.05) is 36.4 Å². The van der Waals surface area contributed by atoms with Crippen LogP contribution in [0.4, 0.5) is 0 Å². The first-order valence-electron chi connectivity index (χ1n) is 6.73. The Bertz CT molecular complexity index is 873. The average molecular weight is 330 g/mol. The van der Waals surface area contributed by atoms with Crippen LogP contribution in [0.25, 0.3) is 11.1 Å². The zero-order valence-electron chi connectivity index (χ0n) is 12.0. The van der Waals surface area contributed by atoms with Crippen molar-refractivity contribution in [3.05, 3.63) is 60.3 Å². The fourth-order valence-electron chi connectivity index (χ4n) is 2.05. The van der Waals surface area contributed by atoms with Gasteiger partial charge in [-0.05, 0) is 28.8 Å². The first kappa shape index (κ1) is 15.2. The maximum absolute atomic E-state index is 11.2. The van der Waals surface area contributed by atoms with Crippen molar-refractivity contribution < 1.29 is 13.2 Å². The Morgan fingerprint density at radius 2 is 1.61 bits per heavy atom. The summed E-state index contributed by atoms with van der Waals surface area (Å²) < 4.78 is 27.9. The van der Waals surface area contributed by atoms with Crippen molar-refractivity contribution in [3.8, 4) is 17.0 Å². The quantitative estimate of drug-likeness (QED) is 0.739. The number of nitrogens with one attached hydrogen (secondary N) is 1. The van der Waals surface area contributed by atoms with Gasteiger partial charge in [0, 0.05) is 0 Å². The predicted octanol–water partition coefficient (Wildman–Crippen LogP) is 1.70. The number of sulfonamides is 1. The number of benzene rings is 2. The minimum Gasteiger partial charge on any atom is -0.471 e. The molecule has 0 spiro atoms. The highest BCUT2D eigenvalue weighted by Crippen LogP contribution is 2.21. The lowest BCUT2D eigenvalue weighted by Gasteiger charge is -2.06. The molecule has 118 valence electrons. The van der Waals surface area contributed by atoms with Crippen molar-refractivity contribution in [1.29, 1.82) is 0 Å². The van der Waals surface area contributed by atoms with Gasteiger partial charge in [-0.3, -0.25) is 0 Å². The number of aromatic nitrogens is 3. The molecule has 0 aliphatic rings. The SMILES string of the molecule is NS(=O)(=O)c1ccc(-c2ccc(COc3cn[nH]n3)cc2)cc1. The van der Waals surface area contributed by atoms with E-state index in [9.17, 15) is 8.42 Å². The van der Waals surface area contributed by atoms with Crippen molar-refractivity contribution in [2.75, 3.05) is 0 Å².